The third-order valence-corrected chi connectivity index (χ3v) is 4.37. The monoisotopic (exact) mass is 278 g/mol. The molecule has 0 aromatic heterocycles. The molecule has 0 aliphatic carbocycles. The van der Waals surface area contributed by atoms with Crippen LogP contribution in [0.3, 0.4) is 0 Å². The van der Waals surface area contributed by atoms with Crippen LogP contribution in [0.5, 0.6) is 0 Å². The Morgan fingerprint density at radius 2 is 2.05 bits per heavy atom. The molecule has 3 unspecified atom stereocenters. The van der Waals surface area contributed by atoms with Crippen molar-refractivity contribution in [2.75, 3.05) is 12.0 Å². The molecule has 104 valence electrons. The van der Waals surface area contributed by atoms with E-state index >= 15 is 0 Å². The first-order valence-corrected chi connectivity index (χ1v) is 8.20. The largest absolute Gasteiger partial charge is 0.318 e. The van der Waals surface area contributed by atoms with Crippen molar-refractivity contribution in [2.45, 2.75) is 38.5 Å². The van der Waals surface area contributed by atoms with Crippen molar-refractivity contribution in [2.24, 2.45) is 0 Å². The molecule has 1 aromatic rings. The molecule has 1 heterocycles. The standard InChI is InChI=1S/C15H22N2OS/c1-4-13(10-19-3)17-14(16-11(2)15(17)18)12-8-6-5-7-9-12/h5-9,11,13-14,16H,4,10H2,1-3H3. The maximum absolute atomic E-state index is 12.4. The summed E-state index contributed by atoms with van der Waals surface area (Å²) in [6.07, 6.45) is 3.10. The minimum Gasteiger partial charge on any atom is -0.318 e. The fourth-order valence-electron chi connectivity index (χ4n) is 2.61. The predicted octanol–water partition coefficient (Wildman–Crippen LogP) is 2.65. The minimum atomic E-state index is -0.0962. The summed E-state index contributed by atoms with van der Waals surface area (Å²) in [5.41, 5.74) is 1.17. The minimum absolute atomic E-state index is 0.0146. The van der Waals surface area contributed by atoms with Crippen LogP contribution in [0.4, 0.5) is 0 Å². The Bertz CT molecular complexity index is 423. The highest BCUT2D eigenvalue weighted by Gasteiger charge is 2.40. The Morgan fingerprint density at radius 1 is 1.37 bits per heavy atom. The first-order valence-electron chi connectivity index (χ1n) is 6.81. The summed E-state index contributed by atoms with van der Waals surface area (Å²) in [7, 11) is 0. The van der Waals surface area contributed by atoms with Crippen LogP contribution in [-0.2, 0) is 4.79 Å². The molecule has 1 aliphatic rings. The molecule has 0 bridgehead atoms. The van der Waals surface area contributed by atoms with E-state index in [-0.39, 0.29) is 18.1 Å². The van der Waals surface area contributed by atoms with Crippen molar-refractivity contribution in [1.29, 1.82) is 0 Å². The second-order valence-electron chi connectivity index (χ2n) is 4.96. The van der Waals surface area contributed by atoms with Gasteiger partial charge in [0.25, 0.3) is 0 Å². The summed E-state index contributed by atoms with van der Waals surface area (Å²) in [5, 5.41) is 3.41. The van der Waals surface area contributed by atoms with E-state index < -0.39 is 0 Å². The van der Waals surface area contributed by atoms with Crippen molar-refractivity contribution in [3.05, 3.63) is 35.9 Å². The topological polar surface area (TPSA) is 32.3 Å². The number of nitrogens with one attached hydrogen (secondary N) is 1. The lowest BCUT2D eigenvalue weighted by Gasteiger charge is -2.32. The Hall–Kier alpha value is -1.00. The number of hydrogen-bond donors (Lipinski definition) is 1. The molecule has 1 amide bonds. The van der Waals surface area contributed by atoms with Gasteiger partial charge in [-0.2, -0.15) is 11.8 Å². The lowest BCUT2D eigenvalue weighted by atomic mass is 10.1. The van der Waals surface area contributed by atoms with E-state index in [9.17, 15) is 4.79 Å². The number of nitrogens with zero attached hydrogens (tertiary/aromatic N) is 1. The molecule has 1 saturated heterocycles. The lowest BCUT2D eigenvalue weighted by Crippen LogP contribution is -2.41. The lowest BCUT2D eigenvalue weighted by molar-refractivity contribution is -0.131. The number of thioether (sulfide) groups is 1. The van der Waals surface area contributed by atoms with Gasteiger partial charge in [0.2, 0.25) is 5.91 Å². The van der Waals surface area contributed by atoms with E-state index in [1.165, 1.54) is 5.56 Å². The Balaban J connectivity index is 2.28. The molecule has 19 heavy (non-hydrogen) atoms. The van der Waals surface area contributed by atoms with Gasteiger partial charge in [-0.1, -0.05) is 37.3 Å². The zero-order valence-electron chi connectivity index (χ0n) is 11.8. The fraction of sp³-hybridized carbons (Fsp3) is 0.533. The van der Waals surface area contributed by atoms with Gasteiger partial charge in [-0.05, 0) is 25.2 Å². The van der Waals surface area contributed by atoms with Gasteiger partial charge in [-0.3, -0.25) is 10.1 Å². The number of rotatable bonds is 5. The van der Waals surface area contributed by atoms with Crippen LogP contribution < -0.4 is 5.32 Å². The molecule has 3 atom stereocenters. The third-order valence-electron chi connectivity index (χ3n) is 3.65. The molecular weight excluding hydrogens is 256 g/mol. The maximum atomic E-state index is 12.4. The summed E-state index contributed by atoms with van der Waals surface area (Å²) in [5.74, 6) is 1.20. The van der Waals surface area contributed by atoms with E-state index in [0.717, 1.165) is 12.2 Å². The Kier molecular flexibility index (Phi) is 4.88. The van der Waals surface area contributed by atoms with Crippen molar-refractivity contribution in [3.63, 3.8) is 0 Å². The van der Waals surface area contributed by atoms with Crippen molar-refractivity contribution < 1.29 is 4.79 Å². The smallest absolute Gasteiger partial charge is 0.241 e. The van der Waals surface area contributed by atoms with Crippen LogP contribution in [0.1, 0.15) is 32.0 Å². The quantitative estimate of drug-likeness (QED) is 0.898. The highest BCUT2D eigenvalue weighted by Crippen LogP contribution is 2.29. The van der Waals surface area contributed by atoms with Crippen LogP contribution in [-0.4, -0.2) is 34.9 Å². The molecule has 1 aromatic carbocycles. The highest BCUT2D eigenvalue weighted by molar-refractivity contribution is 7.98. The number of carbonyl (C=O) groups excluding carboxylic acids is 1. The number of hydrogen-bond acceptors (Lipinski definition) is 3. The van der Waals surface area contributed by atoms with E-state index in [1.807, 2.05) is 30.0 Å². The van der Waals surface area contributed by atoms with Gasteiger partial charge >= 0.3 is 0 Å². The first kappa shape index (κ1) is 14.4. The number of carbonyl (C=O) groups is 1. The molecular formula is C15H22N2OS. The first-order chi connectivity index (χ1) is 9.19. The molecule has 1 aliphatic heterocycles. The fourth-order valence-corrected chi connectivity index (χ4v) is 3.39. The van der Waals surface area contributed by atoms with Crippen LogP contribution in [0.25, 0.3) is 0 Å². The van der Waals surface area contributed by atoms with Gasteiger partial charge < -0.3 is 4.90 Å². The van der Waals surface area contributed by atoms with Crippen LogP contribution in [0.15, 0.2) is 30.3 Å². The normalized spacial score (nSPS) is 24.8. The van der Waals surface area contributed by atoms with Gasteiger partial charge in [0.05, 0.1) is 6.04 Å². The van der Waals surface area contributed by atoms with Gasteiger partial charge in [-0.15, -0.1) is 0 Å². The molecule has 0 saturated carbocycles. The molecule has 2 rings (SSSR count). The van der Waals surface area contributed by atoms with Crippen molar-refractivity contribution in [3.8, 4) is 0 Å². The van der Waals surface area contributed by atoms with Crippen LogP contribution >= 0.6 is 11.8 Å². The van der Waals surface area contributed by atoms with E-state index in [2.05, 4.69) is 30.6 Å². The van der Waals surface area contributed by atoms with Crippen molar-refractivity contribution in [1.82, 2.24) is 10.2 Å². The zero-order valence-corrected chi connectivity index (χ0v) is 12.6. The Morgan fingerprint density at radius 3 is 2.63 bits per heavy atom. The van der Waals surface area contributed by atoms with Crippen LogP contribution in [0.2, 0.25) is 0 Å². The summed E-state index contributed by atoms with van der Waals surface area (Å²) in [4.78, 5) is 14.5. The predicted molar refractivity (Wildman–Crippen MR) is 81.1 cm³/mol. The third kappa shape index (κ3) is 2.95. The summed E-state index contributed by atoms with van der Waals surface area (Å²) in [6, 6.07) is 10.4. The molecule has 4 heteroatoms. The molecule has 0 spiro atoms. The van der Waals surface area contributed by atoms with Gasteiger partial charge in [0.15, 0.2) is 0 Å². The van der Waals surface area contributed by atoms with E-state index in [1.54, 1.807) is 11.8 Å². The highest BCUT2D eigenvalue weighted by atomic mass is 32.2. The Labute approximate surface area is 119 Å². The second-order valence-corrected chi connectivity index (χ2v) is 5.88. The van der Waals surface area contributed by atoms with Gasteiger partial charge in [-0.25, -0.2) is 0 Å². The van der Waals surface area contributed by atoms with E-state index in [4.69, 9.17) is 0 Å². The van der Waals surface area contributed by atoms with Crippen LogP contribution in [0, 0.1) is 0 Å². The summed E-state index contributed by atoms with van der Waals surface area (Å²) >= 11 is 1.80. The second kappa shape index (κ2) is 6.44. The average Bonchev–Trinajstić information content (AvgIpc) is 2.74. The van der Waals surface area contributed by atoms with Gasteiger partial charge in [0, 0.05) is 11.8 Å². The molecule has 1 N–H and O–H groups in total. The molecule has 1 fully saturated rings. The van der Waals surface area contributed by atoms with Crippen molar-refractivity contribution >= 4 is 17.7 Å². The number of amides is 1. The van der Waals surface area contributed by atoms with Gasteiger partial charge in [0.1, 0.15) is 6.17 Å². The maximum Gasteiger partial charge on any atom is 0.241 e. The summed E-state index contributed by atoms with van der Waals surface area (Å²) in [6.45, 7) is 4.10. The average molecular weight is 278 g/mol. The number of benzene rings is 1. The molecule has 0 radical (unpaired) electrons. The summed E-state index contributed by atoms with van der Waals surface area (Å²) < 4.78 is 0. The van der Waals surface area contributed by atoms with E-state index in [0.29, 0.717) is 6.04 Å². The molecule has 3 nitrogen and oxygen atoms in total. The SMILES string of the molecule is CCC(CSC)N1C(=O)C(C)NC1c1ccccc1. The zero-order chi connectivity index (χ0) is 13.8.